The molecule has 17 heavy (non-hydrogen) atoms. The zero-order chi connectivity index (χ0) is 12.3. The van der Waals surface area contributed by atoms with Crippen molar-refractivity contribution < 1.29 is 4.74 Å². The Morgan fingerprint density at radius 1 is 0.882 bits per heavy atom. The van der Waals surface area contributed by atoms with Gasteiger partial charge in [0.25, 0.3) is 0 Å². The lowest BCUT2D eigenvalue weighted by atomic mass is 9.46. The van der Waals surface area contributed by atoms with Crippen LogP contribution in [-0.2, 0) is 4.74 Å². The molecular formula is C16H28O. The number of fused-ring (bicyclic) bond motifs is 3. The molecule has 2 aliphatic carbocycles. The van der Waals surface area contributed by atoms with Gasteiger partial charge in [0.1, 0.15) is 0 Å². The Hall–Kier alpha value is -0.0400. The fourth-order valence-electron chi connectivity index (χ4n) is 5.82. The van der Waals surface area contributed by atoms with E-state index in [1.807, 2.05) is 0 Å². The van der Waals surface area contributed by atoms with E-state index in [0.717, 1.165) is 18.4 Å². The second-order valence-electron chi connectivity index (χ2n) is 7.94. The maximum Gasteiger partial charge on any atom is 0.0688 e. The summed E-state index contributed by atoms with van der Waals surface area (Å²) in [4.78, 5) is 0. The van der Waals surface area contributed by atoms with Crippen LogP contribution in [0.25, 0.3) is 0 Å². The van der Waals surface area contributed by atoms with Crippen LogP contribution in [0.1, 0.15) is 66.2 Å². The minimum Gasteiger partial charge on any atom is -0.375 e. The van der Waals surface area contributed by atoms with Crippen molar-refractivity contribution in [2.45, 2.75) is 71.8 Å². The van der Waals surface area contributed by atoms with E-state index in [1.54, 1.807) is 0 Å². The second-order valence-corrected chi connectivity index (χ2v) is 7.94. The highest BCUT2D eigenvalue weighted by atomic mass is 16.5. The van der Waals surface area contributed by atoms with Gasteiger partial charge < -0.3 is 4.74 Å². The Morgan fingerprint density at radius 2 is 1.65 bits per heavy atom. The standard InChI is InChI=1S/C16H28O/c1-14(2)8-5-9-15(3)12(14)6-10-16(4)13(15)7-11-17-16/h12-13H,5-11H2,1-4H3/t12-,13?,15+,16+/m1/s1. The SMILES string of the molecule is CC1(C)CCC[C@]2(C)C3CCO[C@@]3(C)CC[C@H]12. The molecule has 1 nitrogen and oxygen atoms in total. The molecule has 98 valence electrons. The third-order valence-electron chi connectivity index (χ3n) is 6.58. The molecule has 4 atom stereocenters. The lowest BCUT2D eigenvalue weighted by Crippen LogP contribution is -2.55. The van der Waals surface area contributed by atoms with Gasteiger partial charge in [-0.15, -0.1) is 0 Å². The number of rotatable bonds is 0. The zero-order valence-electron chi connectivity index (χ0n) is 12.0. The smallest absolute Gasteiger partial charge is 0.0688 e. The highest BCUT2D eigenvalue weighted by molar-refractivity contribution is 5.09. The molecule has 0 aromatic heterocycles. The van der Waals surface area contributed by atoms with Crippen LogP contribution in [0, 0.1) is 22.7 Å². The van der Waals surface area contributed by atoms with Crippen molar-refractivity contribution in [3.63, 3.8) is 0 Å². The molecule has 0 amide bonds. The third kappa shape index (κ3) is 1.54. The second kappa shape index (κ2) is 3.50. The fourth-order valence-corrected chi connectivity index (χ4v) is 5.82. The molecule has 0 bridgehead atoms. The summed E-state index contributed by atoms with van der Waals surface area (Å²) in [5, 5.41) is 0. The summed E-state index contributed by atoms with van der Waals surface area (Å²) in [6.45, 7) is 11.0. The lowest BCUT2D eigenvalue weighted by molar-refractivity contribution is -0.147. The summed E-state index contributed by atoms with van der Waals surface area (Å²) < 4.78 is 6.13. The lowest BCUT2D eigenvalue weighted by Gasteiger charge is -2.60. The molecule has 1 unspecified atom stereocenters. The van der Waals surface area contributed by atoms with E-state index in [4.69, 9.17) is 4.74 Å². The van der Waals surface area contributed by atoms with E-state index in [0.29, 0.717) is 10.8 Å². The van der Waals surface area contributed by atoms with Crippen LogP contribution in [0.2, 0.25) is 0 Å². The molecule has 1 heteroatoms. The van der Waals surface area contributed by atoms with E-state index in [9.17, 15) is 0 Å². The molecule has 3 fully saturated rings. The molecule has 0 N–H and O–H groups in total. The summed E-state index contributed by atoms with van der Waals surface area (Å²) in [7, 11) is 0. The van der Waals surface area contributed by atoms with Gasteiger partial charge >= 0.3 is 0 Å². The summed E-state index contributed by atoms with van der Waals surface area (Å²) in [5.41, 5.74) is 1.31. The number of hydrogen-bond donors (Lipinski definition) is 0. The van der Waals surface area contributed by atoms with E-state index in [1.165, 1.54) is 38.5 Å². The molecule has 1 saturated heterocycles. The first kappa shape index (κ1) is 12.0. The van der Waals surface area contributed by atoms with Crippen LogP contribution in [0.3, 0.4) is 0 Å². The van der Waals surface area contributed by atoms with Crippen LogP contribution >= 0.6 is 0 Å². The van der Waals surface area contributed by atoms with Crippen LogP contribution < -0.4 is 0 Å². The van der Waals surface area contributed by atoms with Crippen molar-refractivity contribution in [2.75, 3.05) is 6.61 Å². The topological polar surface area (TPSA) is 9.23 Å². The van der Waals surface area contributed by atoms with Crippen molar-refractivity contribution in [2.24, 2.45) is 22.7 Å². The molecule has 0 aromatic rings. The molecule has 1 heterocycles. The highest BCUT2D eigenvalue weighted by Gasteiger charge is 2.60. The Kier molecular flexibility index (Phi) is 2.47. The van der Waals surface area contributed by atoms with Gasteiger partial charge in [-0.25, -0.2) is 0 Å². The summed E-state index contributed by atoms with van der Waals surface area (Å²) in [6, 6.07) is 0. The average Bonchev–Trinajstić information content (AvgIpc) is 2.60. The first-order chi connectivity index (χ1) is 7.89. The Bertz CT molecular complexity index is 317. The molecule has 0 aromatic carbocycles. The van der Waals surface area contributed by atoms with E-state index in [2.05, 4.69) is 27.7 Å². The zero-order valence-corrected chi connectivity index (χ0v) is 12.0. The minimum atomic E-state index is 0.207. The highest BCUT2D eigenvalue weighted by Crippen LogP contribution is 2.64. The molecule has 3 rings (SSSR count). The Balaban J connectivity index is 1.98. The van der Waals surface area contributed by atoms with Crippen molar-refractivity contribution in [1.82, 2.24) is 0 Å². The predicted molar refractivity (Wildman–Crippen MR) is 70.9 cm³/mol. The maximum atomic E-state index is 6.13. The average molecular weight is 236 g/mol. The van der Waals surface area contributed by atoms with Gasteiger partial charge in [0, 0.05) is 6.61 Å². The largest absolute Gasteiger partial charge is 0.375 e. The summed E-state index contributed by atoms with van der Waals surface area (Å²) in [5.74, 6) is 1.73. The number of hydrogen-bond acceptors (Lipinski definition) is 1. The van der Waals surface area contributed by atoms with Crippen LogP contribution in [0.15, 0.2) is 0 Å². The molecule has 1 aliphatic heterocycles. The van der Waals surface area contributed by atoms with Crippen LogP contribution in [0.5, 0.6) is 0 Å². The normalized spacial score (nSPS) is 52.9. The first-order valence-electron chi connectivity index (χ1n) is 7.52. The summed E-state index contributed by atoms with van der Waals surface area (Å²) >= 11 is 0. The Morgan fingerprint density at radius 3 is 2.41 bits per heavy atom. The van der Waals surface area contributed by atoms with Gasteiger partial charge in [-0.05, 0) is 61.7 Å². The van der Waals surface area contributed by atoms with Gasteiger partial charge in [-0.3, -0.25) is 0 Å². The van der Waals surface area contributed by atoms with E-state index >= 15 is 0 Å². The van der Waals surface area contributed by atoms with Crippen molar-refractivity contribution in [1.29, 1.82) is 0 Å². The van der Waals surface area contributed by atoms with Crippen molar-refractivity contribution >= 4 is 0 Å². The monoisotopic (exact) mass is 236 g/mol. The quantitative estimate of drug-likeness (QED) is 0.605. The van der Waals surface area contributed by atoms with Gasteiger partial charge in [-0.1, -0.05) is 27.2 Å². The van der Waals surface area contributed by atoms with E-state index in [-0.39, 0.29) is 5.60 Å². The van der Waals surface area contributed by atoms with Crippen LogP contribution in [-0.4, -0.2) is 12.2 Å². The number of ether oxygens (including phenoxy) is 1. The molecule has 3 aliphatic rings. The molecule has 0 spiro atoms. The molecule has 2 saturated carbocycles. The van der Waals surface area contributed by atoms with Gasteiger partial charge in [0.2, 0.25) is 0 Å². The summed E-state index contributed by atoms with van der Waals surface area (Å²) in [6.07, 6.45) is 8.27. The van der Waals surface area contributed by atoms with Crippen LogP contribution in [0.4, 0.5) is 0 Å². The fraction of sp³-hybridized carbons (Fsp3) is 1.00. The predicted octanol–water partition coefficient (Wildman–Crippen LogP) is 4.41. The maximum absolute atomic E-state index is 6.13. The molecule has 0 radical (unpaired) electrons. The van der Waals surface area contributed by atoms with Gasteiger partial charge in [0.05, 0.1) is 5.60 Å². The third-order valence-corrected chi connectivity index (χ3v) is 6.58. The first-order valence-corrected chi connectivity index (χ1v) is 7.52. The molecular weight excluding hydrogens is 208 g/mol. The Labute approximate surface area is 106 Å². The van der Waals surface area contributed by atoms with Gasteiger partial charge in [-0.2, -0.15) is 0 Å². The minimum absolute atomic E-state index is 0.207. The van der Waals surface area contributed by atoms with Crippen molar-refractivity contribution in [3.8, 4) is 0 Å². The van der Waals surface area contributed by atoms with E-state index < -0.39 is 0 Å². The van der Waals surface area contributed by atoms with Gasteiger partial charge in [0.15, 0.2) is 0 Å². The van der Waals surface area contributed by atoms with Crippen molar-refractivity contribution in [3.05, 3.63) is 0 Å².